The summed E-state index contributed by atoms with van der Waals surface area (Å²) in [7, 11) is 0. The van der Waals surface area contributed by atoms with Crippen LogP contribution >= 0.6 is 0 Å². The topological polar surface area (TPSA) is 107 Å². The van der Waals surface area contributed by atoms with Crippen molar-refractivity contribution in [2.24, 2.45) is 0 Å². The summed E-state index contributed by atoms with van der Waals surface area (Å²) in [5.41, 5.74) is 0.475. The van der Waals surface area contributed by atoms with Crippen LogP contribution in [0.4, 0.5) is 32.4 Å². The molecule has 0 radical (unpaired) electrons. The SMILES string of the molecule is CCOC(Cc1ccc(OCCN(CCOCCC(C)(F)F)C(=O)Nc2ccccc2OC(F)(F)F)cc1)C(=O)O. The first-order valence-corrected chi connectivity index (χ1v) is 12.7. The van der Waals surface area contributed by atoms with Gasteiger partial charge >= 0.3 is 18.4 Å². The first-order valence-electron chi connectivity index (χ1n) is 12.7. The van der Waals surface area contributed by atoms with Crippen LogP contribution in [-0.4, -0.2) is 79.9 Å². The lowest BCUT2D eigenvalue weighted by molar-refractivity contribution is -0.274. The summed E-state index contributed by atoms with van der Waals surface area (Å²) in [6.45, 7) is 2.20. The Hall–Kier alpha value is -3.65. The van der Waals surface area contributed by atoms with Gasteiger partial charge in [0, 0.05) is 26.0 Å². The molecule has 0 aliphatic rings. The fraction of sp³-hybridized carbons (Fsp3) is 0.481. The van der Waals surface area contributed by atoms with Crippen LogP contribution in [0.5, 0.6) is 11.5 Å². The van der Waals surface area contributed by atoms with Gasteiger partial charge in [-0.05, 0) is 43.7 Å². The molecule has 2 rings (SSSR count). The maximum absolute atomic E-state index is 13.0. The molecule has 0 spiro atoms. The van der Waals surface area contributed by atoms with Gasteiger partial charge in [-0.2, -0.15) is 0 Å². The van der Waals surface area contributed by atoms with E-state index >= 15 is 0 Å². The molecule has 1 unspecified atom stereocenters. The van der Waals surface area contributed by atoms with Crippen LogP contribution in [0.1, 0.15) is 25.8 Å². The molecule has 0 aromatic heterocycles. The smallest absolute Gasteiger partial charge is 0.492 e. The van der Waals surface area contributed by atoms with Gasteiger partial charge in [-0.15, -0.1) is 13.2 Å². The fourth-order valence-corrected chi connectivity index (χ4v) is 3.45. The van der Waals surface area contributed by atoms with E-state index in [1.165, 1.54) is 23.1 Å². The Labute approximate surface area is 234 Å². The third kappa shape index (κ3) is 13.5. The number of para-hydroxylation sites is 2. The largest absolute Gasteiger partial charge is 0.573 e. The number of alkyl halides is 5. The molecule has 0 fully saturated rings. The van der Waals surface area contributed by atoms with Crippen molar-refractivity contribution in [3.63, 3.8) is 0 Å². The minimum atomic E-state index is -4.98. The highest BCUT2D eigenvalue weighted by molar-refractivity contribution is 5.91. The number of amides is 2. The van der Waals surface area contributed by atoms with Crippen molar-refractivity contribution in [1.82, 2.24) is 4.90 Å². The van der Waals surface area contributed by atoms with Crippen molar-refractivity contribution in [2.75, 3.05) is 44.8 Å². The van der Waals surface area contributed by atoms with Gasteiger partial charge in [0.05, 0.1) is 25.4 Å². The number of hydrogen-bond acceptors (Lipinski definition) is 6. The highest BCUT2D eigenvalue weighted by atomic mass is 19.4. The van der Waals surface area contributed by atoms with Gasteiger partial charge in [-0.1, -0.05) is 24.3 Å². The molecule has 0 heterocycles. The zero-order valence-electron chi connectivity index (χ0n) is 22.6. The molecule has 2 N–H and O–H groups in total. The number of anilines is 1. The lowest BCUT2D eigenvalue weighted by Crippen LogP contribution is -2.40. The van der Waals surface area contributed by atoms with E-state index in [4.69, 9.17) is 14.2 Å². The summed E-state index contributed by atoms with van der Waals surface area (Å²) in [4.78, 5) is 25.4. The second-order valence-corrected chi connectivity index (χ2v) is 8.87. The number of urea groups is 1. The Morgan fingerprint density at radius 3 is 2.24 bits per heavy atom. The summed E-state index contributed by atoms with van der Waals surface area (Å²) in [5.74, 6) is -4.19. The van der Waals surface area contributed by atoms with Gasteiger partial charge < -0.3 is 34.3 Å². The van der Waals surface area contributed by atoms with E-state index in [-0.39, 0.29) is 51.6 Å². The zero-order chi connectivity index (χ0) is 30.5. The molecule has 1 atom stereocenters. The van der Waals surface area contributed by atoms with Crippen molar-refractivity contribution < 1.29 is 55.6 Å². The molecular weight excluding hydrogens is 559 g/mol. The number of carbonyl (C=O) groups excluding carboxylic acids is 1. The number of benzene rings is 2. The number of carbonyl (C=O) groups is 2. The molecule has 0 saturated heterocycles. The third-order valence-corrected chi connectivity index (χ3v) is 5.45. The summed E-state index contributed by atoms with van der Waals surface area (Å²) in [5, 5.41) is 11.6. The minimum Gasteiger partial charge on any atom is -0.492 e. The van der Waals surface area contributed by atoms with Crippen molar-refractivity contribution in [2.45, 2.75) is 45.1 Å². The van der Waals surface area contributed by atoms with Crippen LogP contribution < -0.4 is 14.8 Å². The molecule has 2 aromatic carbocycles. The molecular formula is C27H33F5N2O7. The van der Waals surface area contributed by atoms with Gasteiger partial charge in [0.2, 0.25) is 5.92 Å². The highest BCUT2D eigenvalue weighted by Gasteiger charge is 2.32. The molecule has 2 amide bonds. The predicted molar refractivity (Wildman–Crippen MR) is 138 cm³/mol. The van der Waals surface area contributed by atoms with Crippen LogP contribution in [0.3, 0.4) is 0 Å². The van der Waals surface area contributed by atoms with E-state index in [2.05, 4.69) is 10.1 Å². The Morgan fingerprint density at radius 1 is 0.976 bits per heavy atom. The van der Waals surface area contributed by atoms with Crippen molar-refractivity contribution >= 4 is 17.7 Å². The minimum absolute atomic E-state index is 0.0306. The van der Waals surface area contributed by atoms with Crippen molar-refractivity contribution in [3.8, 4) is 11.5 Å². The van der Waals surface area contributed by atoms with E-state index in [1.807, 2.05) is 0 Å². The Kier molecular flexibility index (Phi) is 13.1. The van der Waals surface area contributed by atoms with Gasteiger partial charge in [0.1, 0.15) is 12.4 Å². The number of nitrogens with zero attached hydrogens (tertiary/aromatic N) is 1. The van der Waals surface area contributed by atoms with E-state index in [0.717, 1.165) is 13.0 Å². The van der Waals surface area contributed by atoms with E-state index in [9.17, 15) is 36.6 Å². The molecule has 0 saturated carbocycles. The van der Waals surface area contributed by atoms with Gasteiger partial charge in [0.25, 0.3) is 0 Å². The lowest BCUT2D eigenvalue weighted by Gasteiger charge is -2.24. The Morgan fingerprint density at radius 2 is 1.63 bits per heavy atom. The van der Waals surface area contributed by atoms with Crippen LogP contribution in [-0.2, 0) is 20.7 Å². The van der Waals surface area contributed by atoms with Crippen molar-refractivity contribution in [3.05, 3.63) is 54.1 Å². The first-order chi connectivity index (χ1) is 19.3. The summed E-state index contributed by atoms with van der Waals surface area (Å²) >= 11 is 0. The lowest BCUT2D eigenvalue weighted by atomic mass is 10.1. The number of carboxylic acids is 1. The molecule has 0 bridgehead atoms. The molecule has 0 aliphatic heterocycles. The van der Waals surface area contributed by atoms with E-state index < -0.39 is 42.6 Å². The standard InChI is InChI=1S/C27H33F5N2O7/c1-3-39-23(24(35)36)18-19-8-10-20(11-9-19)40-17-14-34(13-16-38-15-12-26(2,28)29)25(37)33-21-6-4-5-7-22(21)41-27(30,31)32/h4-11,23H,3,12-18H2,1-2H3,(H,33,37)(H,35,36). The van der Waals surface area contributed by atoms with Crippen molar-refractivity contribution in [1.29, 1.82) is 0 Å². The van der Waals surface area contributed by atoms with Crippen LogP contribution in [0.15, 0.2) is 48.5 Å². The van der Waals surface area contributed by atoms with Crippen LogP contribution in [0.2, 0.25) is 0 Å². The Balaban J connectivity index is 2.01. The maximum Gasteiger partial charge on any atom is 0.573 e. The fourth-order valence-electron chi connectivity index (χ4n) is 3.45. The molecule has 14 heteroatoms. The summed E-state index contributed by atoms with van der Waals surface area (Å²) in [6, 6.07) is 10.8. The predicted octanol–water partition coefficient (Wildman–Crippen LogP) is 5.59. The van der Waals surface area contributed by atoms with Gasteiger partial charge in [-0.25, -0.2) is 18.4 Å². The highest BCUT2D eigenvalue weighted by Crippen LogP contribution is 2.30. The van der Waals surface area contributed by atoms with Gasteiger partial charge in [0.15, 0.2) is 11.9 Å². The number of ether oxygens (including phenoxy) is 4. The number of aliphatic carboxylic acids is 1. The van der Waals surface area contributed by atoms with Gasteiger partial charge in [-0.3, -0.25) is 0 Å². The monoisotopic (exact) mass is 592 g/mol. The Bertz CT molecular complexity index is 1090. The number of nitrogens with one attached hydrogen (secondary N) is 1. The normalized spacial score (nSPS) is 12.5. The molecule has 9 nitrogen and oxygen atoms in total. The molecule has 41 heavy (non-hydrogen) atoms. The summed E-state index contributed by atoms with van der Waals surface area (Å²) < 4.78 is 84.4. The number of rotatable bonds is 17. The van der Waals surface area contributed by atoms with E-state index in [1.54, 1.807) is 31.2 Å². The number of hydrogen-bond donors (Lipinski definition) is 2. The molecule has 228 valence electrons. The van der Waals surface area contributed by atoms with E-state index in [0.29, 0.717) is 11.3 Å². The second kappa shape index (κ2) is 16.0. The molecule has 0 aliphatic carbocycles. The first kappa shape index (κ1) is 33.6. The van der Waals surface area contributed by atoms with Crippen LogP contribution in [0.25, 0.3) is 0 Å². The average molecular weight is 593 g/mol. The average Bonchev–Trinajstić information content (AvgIpc) is 2.87. The second-order valence-electron chi connectivity index (χ2n) is 8.87. The van der Waals surface area contributed by atoms with Crippen LogP contribution in [0, 0.1) is 0 Å². The third-order valence-electron chi connectivity index (χ3n) is 5.45. The number of carboxylic acid groups (broad SMARTS) is 1. The maximum atomic E-state index is 13.0. The zero-order valence-corrected chi connectivity index (χ0v) is 22.6. The quantitative estimate of drug-likeness (QED) is 0.182. The molecule has 2 aromatic rings. The summed E-state index contributed by atoms with van der Waals surface area (Å²) in [6.07, 6.45) is -6.33. The number of halogens is 5.